The fourth-order valence-corrected chi connectivity index (χ4v) is 2.71. The molecule has 1 aromatic carbocycles. The summed E-state index contributed by atoms with van der Waals surface area (Å²) >= 11 is 0. The Balaban J connectivity index is 2.00. The smallest absolute Gasteiger partial charge is 0.252 e. The van der Waals surface area contributed by atoms with Gasteiger partial charge in [-0.1, -0.05) is 13.0 Å². The Bertz CT molecular complexity index is 1060. The molecule has 0 saturated heterocycles. The predicted molar refractivity (Wildman–Crippen MR) is 105 cm³/mol. The molecule has 0 fully saturated rings. The average Bonchev–Trinajstić information content (AvgIpc) is 2.67. The van der Waals surface area contributed by atoms with E-state index in [-0.39, 0.29) is 17.2 Å². The van der Waals surface area contributed by atoms with Gasteiger partial charge in [0.05, 0.1) is 5.56 Å². The summed E-state index contributed by atoms with van der Waals surface area (Å²) in [5.74, 6) is -2.45. The van der Waals surface area contributed by atoms with Crippen molar-refractivity contribution in [1.29, 1.82) is 0 Å². The zero-order valence-corrected chi connectivity index (χ0v) is 15.1. The van der Waals surface area contributed by atoms with Crippen molar-refractivity contribution in [3.8, 4) is 0 Å². The van der Waals surface area contributed by atoms with Crippen molar-refractivity contribution in [1.82, 2.24) is 9.97 Å². The van der Waals surface area contributed by atoms with Gasteiger partial charge in [0.25, 0.3) is 5.91 Å². The third-order valence-corrected chi connectivity index (χ3v) is 4.21. The fraction of sp³-hybridized carbons (Fsp3) is 0.158. The molecule has 3 aromatic rings. The van der Waals surface area contributed by atoms with Crippen molar-refractivity contribution >= 4 is 39.9 Å². The number of aromatic nitrogens is 2. The maximum atomic E-state index is 14.4. The molecule has 0 saturated carbocycles. The summed E-state index contributed by atoms with van der Waals surface area (Å²) in [6, 6.07) is 7.48. The normalized spacial score (nSPS) is 11.8. The van der Waals surface area contributed by atoms with Crippen molar-refractivity contribution in [2.45, 2.75) is 19.4 Å². The molecule has 1 atom stereocenters. The minimum Gasteiger partial charge on any atom is -0.368 e. The first-order valence-corrected chi connectivity index (χ1v) is 8.56. The molecule has 8 nitrogen and oxygen atoms in total. The van der Waals surface area contributed by atoms with Crippen LogP contribution < -0.4 is 22.1 Å². The van der Waals surface area contributed by atoms with Gasteiger partial charge in [-0.15, -0.1) is 0 Å². The highest BCUT2D eigenvalue weighted by molar-refractivity contribution is 5.99. The standard InChI is InChI=1S/C19H19FN6O2/c1-2-15(17(22)28)25-19-14(20)8-13(16(21)27)18(26-19)24-12-4-3-10-5-6-23-9-11(10)7-12/h3-9,15H,2H2,1H3,(H2,21,27)(H2,22,28)(H2,24,25,26)/t15-/m1/s1. The largest absolute Gasteiger partial charge is 0.368 e. The number of amides is 2. The molecule has 9 heteroatoms. The van der Waals surface area contributed by atoms with Gasteiger partial charge in [-0.25, -0.2) is 9.37 Å². The molecule has 3 rings (SSSR count). The monoisotopic (exact) mass is 382 g/mol. The highest BCUT2D eigenvalue weighted by Gasteiger charge is 2.20. The van der Waals surface area contributed by atoms with E-state index in [4.69, 9.17) is 11.5 Å². The van der Waals surface area contributed by atoms with Crippen LogP contribution in [-0.4, -0.2) is 27.8 Å². The summed E-state index contributed by atoms with van der Waals surface area (Å²) in [6.45, 7) is 1.72. The minimum absolute atomic E-state index is 0.0546. The third-order valence-electron chi connectivity index (χ3n) is 4.21. The van der Waals surface area contributed by atoms with E-state index in [0.29, 0.717) is 12.1 Å². The molecule has 0 aliphatic rings. The first kappa shape index (κ1) is 19.0. The summed E-state index contributed by atoms with van der Waals surface area (Å²) in [7, 11) is 0. The van der Waals surface area contributed by atoms with E-state index >= 15 is 0 Å². The SMILES string of the molecule is CC[C@@H](Nc1nc(Nc2ccc3ccncc3c2)c(C(N)=O)cc1F)C(N)=O. The molecule has 6 N–H and O–H groups in total. The average molecular weight is 382 g/mol. The topological polar surface area (TPSA) is 136 Å². The van der Waals surface area contributed by atoms with Gasteiger partial charge in [-0.3, -0.25) is 14.6 Å². The lowest BCUT2D eigenvalue weighted by atomic mass is 10.1. The number of primary amides is 2. The highest BCUT2D eigenvalue weighted by atomic mass is 19.1. The van der Waals surface area contributed by atoms with Gasteiger partial charge in [0.1, 0.15) is 11.9 Å². The minimum atomic E-state index is -0.843. The number of benzene rings is 1. The first-order valence-electron chi connectivity index (χ1n) is 8.56. The Hall–Kier alpha value is -3.75. The van der Waals surface area contributed by atoms with E-state index in [0.717, 1.165) is 16.8 Å². The van der Waals surface area contributed by atoms with Crippen LogP contribution >= 0.6 is 0 Å². The number of rotatable bonds is 7. The van der Waals surface area contributed by atoms with Crippen molar-refractivity contribution in [3.05, 3.63) is 54.1 Å². The maximum absolute atomic E-state index is 14.4. The molecule has 0 unspecified atom stereocenters. The first-order chi connectivity index (χ1) is 13.4. The number of fused-ring (bicyclic) bond motifs is 1. The summed E-state index contributed by atoms with van der Waals surface area (Å²) < 4.78 is 14.4. The molecule has 0 spiro atoms. The number of carbonyl (C=O) groups is 2. The molecule has 0 aliphatic carbocycles. The third kappa shape index (κ3) is 3.98. The predicted octanol–water partition coefficient (Wildman–Crippen LogP) is 2.29. The number of halogens is 1. The van der Waals surface area contributed by atoms with Gasteiger partial charge >= 0.3 is 0 Å². The van der Waals surface area contributed by atoms with Gasteiger partial charge in [-0.2, -0.15) is 0 Å². The van der Waals surface area contributed by atoms with Gasteiger partial charge in [0.15, 0.2) is 11.6 Å². The van der Waals surface area contributed by atoms with Crippen molar-refractivity contribution in [3.63, 3.8) is 0 Å². The molecule has 2 amide bonds. The Morgan fingerprint density at radius 3 is 2.61 bits per heavy atom. The van der Waals surface area contributed by atoms with E-state index in [9.17, 15) is 14.0 Å². The van der Waals surface area contributed by atoms with Gasteiger partial charge in [0, 0.05) is 23.5 Å². The van der Waals surface area contributed by atoms with Gasteiger partial charge < -0.3 is 22.1 Å². The highest BCUT2D eigenvalue weighted by Crippen LogP contribution is 2.26. The molecule has 0 aliphatic heterocycles. The second-order valence-corrected chi connectivity index (χ2v) is 6.15. The van der Waals surface area contributed by atoms with Crippen molar-refractivity contribution < 1.29 is 14.0 Å². The van der Waals surface area contributed by atoms with Crippen LogP contribution in [0.15, 0.2) is 42.7 Å². The molecule has 2 aromatic heterocycles. The van der Waals surface area contributed by atoms with E-state index in [1.54, 1.807) is 25.4 Å². The van der Waals surface area contributed by atoms with Crippen molar-refractivity contribution in [2.75, 3.05) is 10.6 Å². The zero-order chi connectivity index (χ0) is 20.3. The fourth-order valence-electron chi connectivity index (χ4n) is 2.71. The molecular formula is C19H19FN6O2. The van der Waals surface area contributed by atoms with Crippen LogP contribution in [0, 0.1) is 5.82 Å². The Morgan fingerprint density at radius 2 is 1.93 bits per heavy atom. The van der Waals surface area contributed by atoms with Crippen LogP contribution in [0.4, 0.5) is 21.7 Å². The molecule has 0 bridgehead atoms. The zero-order valence-electron chi connectivity index (χ0n) is 15.1. The van der Waals surface area contributed by atoms with E-state index in [1.165, 1.54) is 0 Å². The van der Waals surface area contributed by atoms with Crippen LogP contribution in [0.2, 0.25) is 0 Å². The lowest BCUT2D eigenvalue weighted by Gasteiger charge is -2.17. The lowest BCUT2D eigenvalue weighted by Crippen LogP contribution is -2.35. The van der Waals surface area contributed by atoms with Gasteiger partial charge in [0.2, 0.25) is 5.91 Å². The van der Waals surface area contributed by atoms with E-state index in [2.05, 4.69) is 20.6 Å². The number of hydrogen-bond acceptors (Lipinski definition) is 6. The summed E-state index contributed by atoms with van der Waals surface area (Å²) in [5, 5.41) is 7.48. The second-order valence-electron chi connectivity index (χ2n) is 6.15. The number of nitrogens with zero attached hydrogens (tertiary/aromatic N) is 2. The molecule has 144 valence electrons. The number of hydrogen-bond donors (Lipinski definition) is 4. The number of nitrogens with two attached hydrogens (primary N) is 2. The van der Waals surface area contributed by atoms with Crippen molar-refractivity contribution in [2.24, 2.45) is 11.5 Å². The van der Waals surface area contributed by atoms with Crippen LogP contribution in [0.25, 0.3) is 10.8 Å². The number of carbonyl (C=O) groups excluding carboxylic acids is 2. The summed E-state index contributed by atoms with van der Waals surface area (Å²) in [4.78, 5) is 31.4. The summed E-state index contributed by atoms with van der Waals surface area (Å²) in [6.07, 6.45) is 3.72. The van der Waals surface area contributed by atoms with Crippen LogP contribution in [0.3, 0.4) is 0 Å². The molecule has 28 heavy (non-hydrogen) atoms. The Kier molecular flexibility index (Phi) is 5.35. The van der Waals surface area contributed by atoms with Crippen LogP contribution in [-0.2, 0) is 4.79 Å². The molecule has 2 heterocycles. The Morgan fingerprint density at radius 1 is 1.14 bits per heavy atom. The molecule has 0 radical (unpaired) electrons. The molecular weight excluding hydrogens is 363 g/mol. The number of anilines is 3. The number of pyridine rings is 2. The Labute approximate surface area is 160 Å². The van der Waals surface area contributed by atoms with E-state index < -0.39 is 23.7 Å². The van der Waals surface area contributed by atoms with E-state index in [1.807, 2.05) is 18.2 Å². The summed E-state index contributed by atoms with van der Waals surface area (Å²) in [5.41, 5.74) is 11.1. The number of nitrogens with one attached hydrogen (secondary N) is 2. The lowest BCUT2D eigenvalue weighted by molar-refractivity contribution is -0.118. The second kappa shape index (κ2) is 7.87. The maximum Gasteiger partial charge on any atom is 0.252 e. The van der Waals surface area contributed by atoms with Crippen LogP contribution in [0.5, 0.6) is 0 Å². The van der Waals surface area contributed by atoms with Gasteiger partial charge in [-0.05, 0) is 36.1 Å². The quantitative estimate of drug-likeness (QED) is 0.495. The van der Waals surface area contributed by atoms with Crippen LogP contribution in [0.1, 0.15) is 23.7 Å².